The Morgan fingerprint density at radius 3 is 2.83 bits per heavy atom. The van der Waals surface area contributed by atoms with Crippen LogP contribution in [0.25, 0.3) is 0 Å². The molecule has 0 aliphatic carbocycles. The van der Waals surface area contributed by atoms with Crippen LogP contribution < -0.4 is 5.32 Å². The summed E-state index contributed by atoms with van der Waals surface area (Å²) in [6.45, 7) is 5.53. The molecule has 1 unspecified atom stereocenters. The molecule has 2 aromatic rings. The molecule has 1 heterocycles. The lowest BCUT2D eigenvalue weighted by atomic mass is 10.0. The molecule has 2 rings (SSSR count). The molecule has 1 N–H and O–H groups in total. The van der Waals surface area contributed by atoms with Crippen LogP contribution in [-0.2, 0) is 17.9 Å². The normalized spacial score (nSPS) is 12.4. The quantitative estimate of drug-likeness (QED) is 0.854. The molecule has 0 fully saturated rings. The molecular weight excluding hydrogens is 288 g/mol. The summed E-state index contributed by atoms with van der Waals surface area (Å²) in [7, 11) is 3.84. The van der Waals surface area contributed by atoms with Crippen molar-refractivity contribution in [3.63, 3.8) is 0 Å². The van der Waals surface area contributed by atoms with Crippen LogP contribution in [0.5, 0.6) is 0 Å². The number of aromatic nitrogens is 2. The average Bonchev–Trinajstić information content (AvgIpc) is 2.93. The second kappa shape index (κ2) is 7.92. The number of carbonyl (C=O) groups excluding carboxylic acids is 1. The molecule has 0 spiro atoms. The van der Waals surface area contributed by atoms with E-state index in [9.17, 15) is 4.79 Å². The zero-order valence-corrected chi connectivity index (χ0v) is 14.4. The van der Waals surface area contributed by atoms with Gasteiger partial charge >= 0.3 is 0 Å². The lowest BCUT2D eigenvalue weighted by Crippen LogP contribution is -2.37. The first-order valence-corrected chi connectivity index (χ1v) is 8.03. The van der Waals surface area contributed by atoms with Crippen molar-refractivity contribution in [2.75, 3.05) is 14.1 Å². The van der Waals surface area contributed by atoms with E-state index in [1.807, 2.05) is 50.3 Å². The Kier molecular flexibility index (Phi) is 5.93. The van der Waals surface area contributed by atoms with Gasteiger partial charge in [0.05, 0.1) is 6.54 Å². The molecule has 1 amide bonds. The molecule has 0 radical (unpaired) electrons. The zero-order valence-electron chi connectivity index (χ0n) is 14.4. The number of imidazole rings is 1. The fraction of sp³-hybridized carbons (Fsp3) is 0.444. The first-order valence-electron chi connectivity index (χ1n) is 8.03. The molecule has 0 aliphatic heterocycles. The van der Waals surface area contributed by atoms with Crippen LogP contribution in [-0.4, -0.2) is 34.5 Å². The van der Waals surface area contributed by atoms with Crippen LogP contribution in [0.2, 0.25) is 0 Å². The minimum Gasteiger partial charge on any atom is -0.347 e. The molecule has 0 saturated carbocycles. The van der Waals surface area contributed by atoms with Crippen molar-refractivity contribution < 1.29 is 4.79 Å². The van der Waals surface area contributed by atoms with E-state index in [1.54, 1.807) is 6.20 Å². The van der Waals surface area contributed by atoms with Crippen molar-refractivity contribution in [1.29, 1.82) is 0 Å². The second-order valence-corrected chi connectivity index (χ2v) is 6.03. The van der Waals surface area contributed by atoms with Crippen LogP contribution in [0.1, 0.15) is 36.3 Å². The SMILES string of the molecule is CCCn1ccnc1CNC(=O)C(c1cccc(C)c1)N(C)C. The predicted octanol–water partition coefficient (Wildman–Crippen LogP) is 2.52. The molecular formula is C18H26N4O. The molecule has 124 valence electrons. The minimum absolute atomic E-state index is 0.00773. The van der Waals surface area contributed by atoms with E-state index in [1.165, 1.54) is 0 Å². The van der Waals surface area contributed by atoms with E-state index in [-0.39, 0.29) is 11.9 Å². The first kappa shape index (κ1) is 17.2. The van der Waals surface area contributed by atoms with Crippen LogP contribution in [0.4, 0.5) is 0 Å². The Morgan fingerprint density at radius 1 is 1.39 bits per heavy atom. The summed E-state index contributed by atoms with van der Waals surface area (Å²) in [5.74, 6) is 0.883. The van der Waals surface area contributed by atoms with Crippen LogP contribution in [0.15, 0.2) is 36.7 Å². The number of rotatable bonds is 7. The van der Waals surface area contributed by atoms with E-state index < -0.39 is 0 Å². The maximum Gasteiger partial charge on any atom is 0.242 e. The topological polar surface area (TPSA) is 50.2 Å². The van der Waals surface area contributed by atoms with Gasteiger partial charge in [-0.3, -0.25) is 9.69 Å². The van der Waals surface area contributed by atoms with Crippen LogP contribution in [0, 0.1) is 6.92 Å². The van der Waals surface area contributed by atoms with Gasteiger partial charge in [-0.25, -0.2) is 4.98 Å². The third-order valence-corrected chi connectivity index (χ3v) is 3.81. The van der Waals surface area contributed by atoms with E-state index >= 15 is 0 Å². The summed E-state index contributed by atoms with van der Waals surface area (Å²) in [5.41, 5.74) is 2.16. The standard InChI is InChI=1S/C18H26N4O/c1-5-10-22-11-9-19-16(22)13-20-18(23)17(21(3)4)15-8-6-7-14(2)12-15/h6-9,11-12,17H,5,10,13H2,1-4H3,(H,20,23). The summed E-state index contributed by atoms with van der Waals surface area (Å²) < 4.78 is 2.08. The van der Waals surface area contributed by atoms with Gasteiger partial charge in [-0.2, -0.15) is 0 Å². The lowest BCUT2D eigenvalue weighted by Gasteiger charge is -2.24. The number of likely N-dealkylation sites (N-methyl/N-ethyl adjacent to an activating group) is 1. The Morgan fingerprint density at radius 2 is 2.17 bits per heavy atom. The highest BCUT2D eigenvalue weighted by atomic mass is 16.2. The van der Waals surface area contributed by atoms with E-state index in [2.05, 4.69) is 27.9 Å². The number of carbonyl (C=O) groups is 1. The van der Waals surface area contributed by atoms with Gasteiger partial charge < -0.3 is 9.88 Å². The molecule has 1 atom stereocenters. The fourth-order valence-electron chi connectivity index (χ4n) is 2.74. The van der Waals surface area contributed by atoms with Crippen molar-refractivity contribution >= 4 is 5.91 Å². The highest BCUT2D eigenvalue weighted by molar-refractivity contribution is 5.83. The molecule has 0 saturated heterocycles. The number of nitrogens with zero attached hydrogens (tertiary/aromatic N) is 3. The number of benzene rings is 1. The average molecular weight is 314 g/mol. The minimum atomic E-state index is -0.301. The smallest absolute Gasteiger partial charge is 0.242 e. The lowest BCUT2D eigenvalue weighted by molar-refractivity contribution is -0.126. The number of hydrogen-bond acceptors (Lipinski definition) is 3. The van der Waals surface area contributed by atoms with Gasteiger partial charge in [0.2, 0.25) is 5.91 Å². The molecule has 0 bridgehead atoms. The van der Waals surface area contributed by atoms with Crippen molar-refractivity contribution in [3.05, 3.63) is 53.6 Å². The Bertz CT molecular complexity index is 648. The molecule has 1 aromatic carbocycles. The van der Waals surface area contributed by atoms with Gasteiger partial charge in [0, 0.05) is 18.9 Å². The van der Waals surface area contributed by atoms with E-state index in [4.69, 9.17) is 0 Å². The summed E-state index contributed by atoms with van der Waals surface area (Å²) in [5, 5.41) is 3.02. The number of hydrogen-bond donors (Lipinski definition) is 1. The predicted molar refractivity (Wildman–Crippen MR) is 92.0 cm³/mol. The van der Waals surface area contributed by atoms with Gasteiger partial charge in [0.1, 0.15) is 11.9 Å². The maximum atomic E-state index is 12.7. The van der Waals surface area contributed by atoms with Crippen molar-refractivity contribution in [2.45, 2.75) is 39.4 Å². The fourth-order valence-corrected chi connectivity index (χ4v) is 2.74. The van der Waals surface area contributed by atoms with Crippen molar-refractivity contribution in [2.24, 2.45) is 0 Å². The van der Waals surface area contributed by atoms with Gasteiger partial charge in [0.25, 0.3) is 0 Å². The molecule has 5 nitrogen and oxygen atoms in total. The Hall–Kier alpha value is -2.14. The van der Waals surface area contributed by atoms with Crippen LogP contribution >= 0.6 is 0 Å². The van der Waals surface area contributed by atoms with Gasteiger partial charge in [-0.1, -0.05) is 36.8 Å². The van der Waals surface area contributed by atoms with Gasteiger partial charge in [-0.15, -0.1) is 0 Å². The second-order valence-electron chi connectivity index (χ2n) is 6.03. The molecule has 23 heavy (non-hydrogen) atoms. The largest absolute Gasteiger partial charge is 0.347 e. The summed E-state index contributed by atoms with van der Waals surface area (Å²) in [4.78, 5) is 18.9. The van der Waals surface area contributed by atoms with Crippen molar-refractivity contribution in [1.82, 2.24) is 19.8 Å². The highest BCUT2D eigenvalue weighted by Crippen LogP contribution is 2.19. The van der Waals surface area contributed by atoms with Crippen molar-refractivity contribution in [3.8, 4) is 0 Å². The third-order valence-electron chi connectivity index (χ3n) is 3.81. The van der Waals surface area contributed by atoms with Crippen LogP contribution in [0.3, 0.4) is 0 Å². The Balaban J connectivity index is 2.08. The molecule has 1 aromatic heterocycles. The summed E-state index contributed by atoms with van der Waals surface area (Å²) >= 11 is 0. The number of aryl methyl sites for hydroxylation is 2. The zero-order chi connectivity index (χ0) is 16.8. The van der Waals surface area contributed by atoms with E-state index in [0.717, 1.165) is 29.9 Å². The molecule has 0 aliphatic rings. The molecule has 5 heteroatoms. The van der Waals surface area contributed by atoms with Gasteiger partial charge in [-0.05, 0) is 33.0 Å². The number of nitrogens with one attached hydrogen (secondary N) is 1. The Labute approximate surface area is 138 Å². The monoisotopic (exact) mass is 314 g/mol. The summed E-state index contributed by atoms with van der Waals surface area (Å²) in [6, 6.07) is 7.78. The van der Waals surface area contributed by atoms with Gasteiger partial charge in [0.15, 0.2) is 0 Å². The first-order chi connectivity index (χ1) is 11.0. The summed E-state index contributed by atoms with van der Waals surface area (Å²) in [6.07, 6.45) is 4.77. The van der Waals surface area contributed by atoms with E-state index in [0.29, 0.717) is 6.54 Å². The third kappa shape index (κ3) is 4.42. The number of amides is 1. The highest BCUT2D eigenvalue weighted by Gasteiger charge is 2.23. The maximum absolute atomic E-state index is 12.7.